The number of halogens is 2. The molecule has 2 aliphatic heterocycles. The molecular formula is C26H36Cl2N4O. The van der Waals surface area contributed by atoms with Crippen LogP contribution in [-0.2, 0) is 10.2 Å². The van der Waals surface area contributed by atoms with Crippen molar-refractivity contribution in [2.24, 2.45) is 0 Å². The molecule has 3 heterocycles. The molecule has 0 bridgehead atoms. The maximum atomic E-state index is 6.40. The lowest BCUT2D eigenvalue weighted by molar-refractivity contribution is 0.0453. The first kappa shape index (κ1) is 24.7. The average Bonchev–Trinajstić information content (AvgIpc) is 2.87. The van der Waals surface area contributed by atoms with Crippen LogP contribution in [-0.4, -0.2) is 68.9 Å². The van der Waals surface area contributed by atoms with Gasteiger partial charge >= 0.3 is 0 Å². The van der Waals surface area contributed by atoms with E-state index in [1.807, 2.05) is 24.4 Å². The Morgan fingerprint density at radius 3 is 2.52 bits per heavy atom. The molecule has 0 aliphatic carbocycles. The second-order valence-corrected chi connectivity index (χ2v) is 10.0. The molecule has 1 aromatic heterocycles. The van der Waals surface area contributed by atoms with Gasteiger partial charge in [0.15, 0.2) is 0 Å². The van der Waals surface area contributed by atoms with Crippen LogP contribution in [0.15, 0.2) is 42.6 Å². The van der Waals surface area contributed by atoms with E-state index < -0.39 is 0 Å². The van der Waals surface area contributed by atoms with Crippen molar-refractivity contribution in [3.8, 4) is 0 Å². The molecule has 5 nitrogen and oxygen atoms in total. The van der Waals surface area contributed by atoms with Crippen molar-refractivity contribution in [2.45, 2.75) is 37.5 Å². The van der Waals surface area contributed by atoms with Gasteiger partial charge in [-0.25, -0.2) is 0 Å². The number of rotatable bonds is 10. The number of hydrogen-bond acceptors (Lipinski definition) is 5. The Balaban J connectivity index is 1.11. The summed E-state index contributed by atoms with van der Waals surface area (Å²) in [6.07, 6.45) is 7.62. The van der Waals surface area contributed by atoms with Crippen molar-refractivity contribution in [3.63, 3.8) is 0 Å². The smallest absolute Gasteiger partial charge is 0.0825 e. The Hall–Kier alpha value is -1.37. The lowest BCUT2D eigenvalue weighted by atomic mass is 9.74. The summed E-state index contributed by atoms with van der Waals surface area (Å²) < 4.78 is 5.64. The first-order valence-electron chi connectivity index (χ1n) is 12.3. The molecule has 2 saturated heterocycles. The van der Waals surface area contributed by atoms with Gasteiger partial charge in [0.1, 0.15) is 0 Å². The molecule has 0 radical (unpaired) electrons. The number of hydrogen-bond donors (Lipinski definition) is 1. The van der Waals surface area contributed by atoms with Gasteiger partial charge in [-0.05, 0) is 76.0 Å². The lowest BCUT2D eigenvalue weighted by Crippen LogP contribution is -2.46. The predicted octanol–water partition coefficient (Wildman–Crippen LogP) is 5.02. The van der Waals surface area contributed by atoms with Gasteiger partial charge in [-0.1, -0.05) is 35.3 Å². The molecule has 2 fully saturated rings. The third-order valence-electron chi connectivity index (χ3n) is 7.16. The van der Waals surface area contributed by atoms with Gasteiger partial charge in [0.2, 0.25) is 0 Å². The van der Waals surface area contributed by atoms with Crippen LogP contribution in [0, 0.1) is 0 Å². The summed E-state index contributed by atoms with van der Waals surface area (Å²) in [6, 6.07) is 12.2. The van der Waals surface area contributed by atoms with Gasteiger partial charge in [-0.2, -0.15) is 0 Å². The van der Waals surface area contributed by atoms with Crippen molar-refractivity contribution in [1.29, 1.82) is 0 Å². The molecule has 4 rings (SSSR count). The van der Waals surface area contributed by atoms with E-state index in [1.165, 1.54) is 18.5 Å². The quantitative estimate of drug-likeness (QED) is 0.473. The zero-order valence-corrected chi connectivity index (χ0v) is 21.0. The monoisotopic (exact) mass is 490 g/mol. The van der Waals surface area contributed by atoms with Crippen LogP contribution in [0.5, 0.6) is 0 Å². The van der Waals surface area contributed by atoms with Crippen LogP contribution in [0.4, 0.5) is 5.69 Å². The highest BCUT2D eigenvalue weighted by Crippen LogP contribution is 2.36. The zero-order chi connectivity index (χ0) is 22.9. The highest BCUT2D eigenvalue weighted by atomic mass is 35.5. The molecule has 0 spiro atoms. The summed E-state index contributed by atoms with van der Waals surface area (Å²) in [5.74, 6) is 0. The molecule has 180 valence electrons. The fourth-order valence-corrected chi connectivity index (χ4v) is 5.47. The average molecular weight is 492 g/mol. The van der Waals surface area contributed by atoms with E-state index in [4.69, 9.17) is 27.9 Å². The molecule has 0 unspecified atom stereocenters. The fraction of sp³-hybridized carbons (Fsp3) is 0.577. The van der Waals surface area contributed by atoms with Crippen molar-refractivity contribution in [1.82, 2.24) is 15.2 Å². The van der Waals surface area contributed by atoms with E-state index in [-0.39, 0.29) is 5.41 Å². The zero-order valence-electron chi connectivity index (χ0n) is 19.4. The van der Waals surface area contributed by atoms with Crippen LogP contribution in [0.2, 0.25) is 10.0 Å². The van der Waals surface area contributed by atoms with E-state index in [9.17, 15) is 0 Å². The number of anilines is 1. The van der Waals surface area contributed by atoms with Gasteiger partial charge < -0.3 is 15.0 Å². The SMILES string of the molecule is Clc1cccc(N2CCN(CCCCNCCC3(c4ccccn4)CCOCC3)CC2)c1Cl. The Morgan fingerprint density at radius 2 is 1.76 bits per heavy atom. The Bertz CT molecular complexity index is 853. The Labute approximate surface area is 208 Å². The topological polar surface area (TPSA) is 40.6 Å². The summed E-state index contributed by atoms with van der Waals surface area (Å²) >= 11 is 12.6. The van der Waals surface area contributed by atoms with Crippen molar-refractivity contribution in [3.05, 3.63) is 58.3 Å². The fourth-order valence-electron chi connectivity index (χ4n) is 5.06. The van der Waals surface area contributed by atoms with Gasteiger partial charge in [-0.15, -0.1) is 0 Å². The first-order valence-corrected chi connectivity index (χ1v) is 13.0. The molecule has 33 heavy (non-hydrogen) atoms. The van der Waals surface area contributed by atoms with E-state index in [0.29, 0.717) is 10.0 Å². The van der Waals surface area contributed by atoms with Crippen LogP contribution in [0.1, 0.15) is 37.8 Å². The minimum absolute atomic E-state index is 0.165. The largest absolute Gasteiger partial charge is 0.381 e. The highest BCUT2D eigenvalue weighted by molar-refractivity contribution is 6.43. The third-order valence-corrected chi connectivity index (χ3v) is 7.97. The standard InChI is InChI=1S/C26H36Cl2N4O/c27-22-6-5-7-23(25(22)28)32-18-16-31(17-19-32)15-4-3-12-29-14-9-26(10-20-33-21-11-26)24-8-1-2-13-30-24/h1-2,5-8,13,29H,3-4,9-12,14-21H2. The van der Waals surface area contributed by atoms with Crippen LogP contribution in [0.25, 0.3) is 0 Å². The maximum Gasteiger partial charge on any atom is 0.0825 e. The minimum atomic E-state index is 0.165. The van der Waals surface area contributed by atoms with Gasteiger partial charge in [0, 0.05) is 56.7 Å². The van der Waals surface area contributed by atoms with E-state index >= 15 is 0 Å². The molecule has 0 saturated carbocycles. The molecule has 1 N–H and O–H groups in total. The predicted molar refractivity (Wildman–Crippen MR) is 138 cm³/mol. The summed E-state index contributed by atoms with van der Waals surface area (Å²) in [4.78, 5) is 9.59. The number of ether oxygens (including phenoxy) is 1. The first-order chi connectivity index (χ1) is 16.2. The van der Waals surface area contributed by atoms with Gasteiger partial charge in [0.25, 0.3) is 0 Å². The van der Waals surface area contributed by atoms with Crippen molar-refractivity contribution < 1.29 is 4.74 Å². The van der Waals surface area contributed by atoms with Gasteiger partial charge in [-0.3, -0.25) is 9.88 Å². The second-order valence-electron chi connectivity index (χ2n) is 9.22. The highest BCUT2D eigenvalue weighted by Gasteiger charge is 2.35. The molecular weight excluding hydrogens is 455 g/mol. The minimum Gasteiger partial charge on any atom is -0.381 e. The molecule has 0 atom stereocenters. The molecule has 7 heteroatoms. The molecule has 0 amide bonds. The van der Waals surface area contributed by atoms with Crippen LogP contribution < -0.4 is 10.2 Å². The normalized spacial score (nSPS) is 19.0. The summed E-state index contributed by atoms with van der Waals surface area (Å²) in [5.41, 5.74) is 2.45. The van der Waals surface area contributed by atoms with Crippen molar-refractivity contribution >= 4 is 28.9 Å². The number of unbranched alkanes of at least 4 members (excludes halogenated alkanes) is 1. The number of nitrogens with one attached hydrogen (secondary N) is 1. The van der Waals surface area contributed by atoms with E-state index in [0.717, 1.165) is 84.0 Å². The molecule has 1 aromatic carbocycles. The Kier molecular flexibility index (Phi) is 9.27. The van der Waals surface area contributed by atoms with E-state index in [2.05, 4.69) is 38.3 Å². The van der Waals surface area contributed by atoms with Crippen LogP contribution >= 0.6 is 23.2 Å². The summed E-state index contributed by atoms with van der Waals surface area (Å²) in [7, 11) is 0. The number of benzene rings is 1. The maximum absolute atomic E-state index is 6.40. The molecule has 2 aromatic rings. The summed E-state index contributed by atoms with van der Waals surface area (Å²) in [5, 5.41) is 4.98. The Morgan fingerprint density at radius 1 is 0.939 bits per heavy atom. The molecule has 2 aliphatic rings. The van der Waals surface area contributed by atoms with E-state index in [1.54, 1.807) is 0 Å². The summed E-state index contributed by atoms with van der Waals surface area (Å²) in [6.45, 7) is 9.10. The lowest BCUT2D eigenvalue weighted by Gasteiger charge is -2.37. The number of nitrogens with zero attached hydrogens (tertiary/aromatic N) is 3. The van der Waals surface area contributed by atoms with Crippen molar-refractivity contribution in [2.75, 3.05) is 63.9 Å². The number of aromatic nitrogens is 1. The number of piperazine rings is 1. The third kappa shape index (κ3) is 6.61. The van der Waals surface area contributed by atoms with Crippen LogP contribution in [0.3, 0.4) is 0 Å². The second kappa shape index (κ2) is 12.4. The number of pyridine rings is 1. The van der Waals surface area contributed by atoms with Gasteiger partial charge in [0.05, 0.1) is 15.7 Å².